The van der Waals surface area contributed by atoms with Crippen molar-refractivity contribution < 1.29 is 27.2 Å². The molecule has 2 aromatic carbocycles. The van der Waals surface area contributed by atoms with Crippen molar-refractivity contribution in [3.63, 3.8) is 0 Å². The number of anilines is 3. The number of amides is 2. The number of nitrogens with one attached hydrogen (secondary N) is 3. The van der Waals surface area contributed by atoms with Crippen LogP contribution in [-0.2, 0) is 15.8 Å². The van der Waals surface area contributed by atoms with Crippen LogP contribution in [0.15, 0.2) is 42.5 Å². The van der Waals surface area contributed by atoms with E-state index in [-0.39, 0.29) is 11.4 Å². The molecule has 0 aliphatic carbocycles. The van der Waals surface area contributed by atoms with Crippen LogP contribution >= 0.6 is 0 Å². The highest BCUT2D eigenvalue weighted by Gasteiger charge is 2.34. The zero-order valence-corrected chi connectivity index (χ0v) is 13.6. The fourth-order valence-corrected chi connectivity index (χ4v) is 2.13. The maximum atomic E-state index is 13.2. The zero-order valence-electron chi connectivity index (χ0n) is 13.6. The summed E-state index contributed by atoms with van der Waals surface area (Å²) < 4.78 is 52.4. The normalized spacial score (nSPS) is 11.0. The van der Waals surface area contributed by atoms with E-state index in [0.29, 0.717) is 5.69 Å². The van der Waals surface area contributed by atoms with Crippen molar-refractivity contribution in [2.45, 2.75) is 13.1 Å². The Kier molecular flexibility index (Phi) is 5.81. The van der Waals surface area contributed by atoms with Crippen LogP contribution in [0.4, 0.5) is 34.6 Å². The molecule has 2 aromatic rings. The molecule has 3 N–H and O–H groups in total. The summed E-state index contributed by atoms with van der Waals surface area (Å²) >= 11 is 0. The van der Waals surface area contributed by atoms with Gasteiger partial charge in [0.2, 0.25) is 11.8 Å². The van der Waals surface area contributed by atoms with Crippen LogP contribution < -0.4 is 16.0 Å². The monoisotopic (exact) mass is 369 g/mol. The second-order valence-electron chi connectivity index (χ2n) is 5.35. The van der Waals surface area contributed by atoms with E-state index < -0.39 is 35.9 Å². The smallest absolute Gasteiger partial charge is 0.376 e. The van der Waals surface area contributed by atoms with Gasteiger partial charge in [0.1, 0.15) is 5.82 Å². The van der Waals surface area contributed by atoms with Gasteiger partial charge in [-0.05, 0) is 42.5 Å². The summed E-state index contributed by atoms with van der Waals surface area (Å²) in [6.07, 6.45) is -4.68. The second kappa shape index (κ2) is 7.85. The van der Waals surface area contributed by atoms with Crippen molar-refractivity contribution in [3.05, 3.63) is 53.8 Å². The number of halogens is 4. The first-order valence-electron chi connectivity index (χ1n) is 7.43. The lowest BCUT2D eigenvalue weighted by molar-refractivity contribution is -0.137. The summed E-state index contributed by atoms with van der Waals surface area (Å²) in [5.41, 5.74) is -1.01. The number of benzene rings is 2. The van der Waals surface area contributed by atoms with E-state index in [1.54, 1.807) is 0 Å². The fourth-order valence-electron chi connectivity index (χ4n) is 2.13. The third-order valence-electron chi connectivity index (χ3n) is 3.21. The highest BCUT2D eigenvalue weighted by Crippen LogP contribution is 2.36. The molecule has 0 radical (unpaired) electrons. The number of hydrogen-bond donors (Lipinski definition) is 3. The third kappa shape index (κ3) is 5.47. The van der Waals surface area contributed by atoms with Crippen molar-refractivity contribution in [1.29, 1.82) is 0 Å². The molecule has 0 heterocycles. The van der Waals surface area contributed by atoms with Crippen LogP contribution in [0.3, 0.4) is 0 Å². The molecule has 0 aliphatic rings. The predicted octanol–water partition coefficient (Wildman–Crippen LogP) is 3.85. The molecule has 138 valence electrons. The van der Waals surface area contributed by atoms with E-state index in [4.69, 9.17) is 0 Å². The first kappa shape index (κ1) is 19.2. The lowest BCUT2D eigenvalue weighted by Gasteiger charge is -2.16. The number of carbonyl (C=O) groups is 2. The topological polar surface area (TPSA) is 70.2 Å². The molecule has 0 fully saturated rings. The van der Waals surface area contributed by atoms with Gasteiger partial charge in [-0.3, -0.25) is 9.59 Å². The molecule has 0 aromatic heterocycles. The fraction of sp³-hybridized carbons (Fsp3) is 0.176. The Morgan fingerprint density at radius 1 is 0.962 bits per heavy atom. The van der Waals surface area contributed by atoms with Crippen LogP contribution in [0.2, 0.25) is 0 Å². The average Bonchev–Trinajstić information content (AvgIpc) is 2.54. The molecule has 2 rings (SSSR count). The molecule has 9 heteroatoms. The van der Waals surface area contributed by atoms with Crippen LogP contribution in [0.1, 0.15) is 12.5 Å². The van der Waals surface area contributed by atoms with Crippen LogP contribution in [0.25, 0.3) is 0 Å². The molecule has 0 aliphatic heterocycles. The summed E-state index contributed by atoms with van der Waals surface area (Å²) in [5.74, 6) is -1.58. The lowest BCUT2D eigenvalue weighted by atomic mass is 10.1. The van der Waals surface area contributed by atoms with E-state index in [0.717, 1.165) is 24.3 Å². The van der Waals surface area contributed by atoms with E-state index >= 15 is 0 Å². The molecule has 0 atom stereocenters. The van der Waals surface area contributed by atoms with Gasteiger partial charge in [-0.1, -0.05) is 0 Å². The Morgan fingerprint density at radius 3 is 2.15 bits per heavy atom. The van der Waals surface area contributed by atoms with Gasteiger partial charge in [0.25, 0.3) is 0 Å². The van der Waals surface area contributed by atoms with Crippen molar-refractivity contribution >= 4 is 28.9 Å². The minimum Gasteiger partial charge on any atom is -0.376 e. The van der Waals surface area contributed by atoms with Crippen LogP contribution in [-0.4, -0.2) is 18.4 Å². The highest BCUT2D eigenvalue weighted by atomic mass is 19.4. The van der Waals surface area contributed by atoms with E-state index in [2.05, 4.69) is 16.0 Å². The van der Waals surface area contributed by atoms with Crippen molar-refractivity contribution in [2.75, 3.05) is 22.5 Å². The van der Waals surface area contributed by atoms with Gasteiger partial charge in [-0.25, -0.2) is 4.39 Å². The summed E-state index contributed by atoms with van der Waals surface area (Å²) in [7, 11) is 0. The van der Waals surface area contributed by atoms with Crippen LogP contribution in [0.5, 0.6) is 0 Å². The van der Waals surface area contributed by atoms with Crippen molar-refractivity contribution in [1.82, 2.24) is 0 Å². The van der Waals surface area contributed by atoms with Gasteiger partial charge in [-0.15, -0.1) is 0 Å². The summed E-state index contributed by atoms with van der Waals surface area (Å²) in [4.78, 5) is 22.8. The first-order valence-corrected chi connectivity index (χ1v) is 7.43. The molecular formula is C17H15F4N3O2. The lowest BCUT2D eigenvalue weighted by Crippen LogP contribution is -2.23. The second-order valence-corrected chi connectivity index (χ2v) is 5.35. The van der Waals surface area contributed by atoms with Gasteiger partial charge >= 0.3 is 6.18 Å². The average molecular weight is 369 g/mol. The zero-order chi connectivity index (χ0) is 19.3. The molecular weight excluding hydrogens is 354 g/mol. The van der Waals surface area contributed by atoms with Crippen LogP contribution in [0, 0.1) is 5.82 Å². The van der Waals surface area contributed by atoms with E-state index in [1.807, 2.05) is 0 Å². The van der Waals surface area contributed by atoms with Crippen molar-refractivity contribution in [3.8, 4) is 0 Å². The minimum absolute atomic E-state index is 0.00820. The molecule has 5 nitrogen and oxygen atoms in total. The molecule has 0 saturated carbocycles. The van der Waals surface area contributed by atoms with Crippen molar-refractivity contribution in [2.24, 2.45) is 0 Å². The molecule has 0 bridgehead atoms. The standard InChI is InChI=1S/C17H15F4N3O2/c1-10(25)23-13-6-7-15(14(8-13)17(19,20)21)22-9-16(26)24-12-4-2-11(18)3-5-12/h2-8,22H,9H2,1H3,(H,23,25)(H,24,26). The van der Waals surface area contributed by atoms with E-state index in [1.165, 1.54) is 25.1 Å². The van der Waals surface area contributed by atoms with E-state index in [9.17, 15) is 27.2 Å². The third-order valence-corrected chi connectivity index (χ3v) is 3.21. The maximum absolute atomic E-state index is 13.2. The summed E-state index contributed by atoms with van der Waals surface area (Å²) in [6, 6.07) is 8.14. The quantitative estimate of drug-likeness (QED) is 0.701. The Bertz CT molecular complexity index is 805. The number of rotatable bonds is 5. The molecule has 0 spiro atoms. The summed E-state index contributed by atoms with van der Waals surface area (Å²) in [6.45, 7) is 0.749. The number of hydrogen-bond acceptors (Lipinski definition) is 3. The van der Waals surface area contributed by atoms with Gasteiger partial charge in [-0.2, -0.15) is 13.2 Å². The SMILES string of the molecule is CC(=O)Nc1ccc(NCC(=O)Nc2ccc(F)cc2)c(C(F)(F)F)c1. The van der Waals surface area contributed by atoms with Gasteiger partial charge in [0.15, 0.2) is 0 Å². The summed E-state index contributed by atoms with van der Waals surface area (Å²) in [5, 5.41) is 7.11. The highest BCUT2D eigenvalue weighted by molar-refractivity contribution is 5.94. The Morgan fingerprint density at radius 2 is 1.58 bits per heavy atom. The Balaban J connectivity index is 2.09. The Hall–Kier alpha value is -3.10. The molecule has 2 amide bonds. The minimum atomic E-state index is -4.68. The van der Waals surface area contributed by atoms with Gasteiger partial charge in [0.05, 0.1) is 12.1 Å². The Labute approximate surface area is 146 Å². The predicted molar refractivity (Wildman–Crippen MR) is 89.3 cm³/mol. The number of carbonyl (C=O) groups excluding carboxylic acids is 2. The molecule has 26 heavy (non-hydrogen) atoms. The molecule has 0 saturated heterocycles. The maximum Gasteiger partial charge on any atom is 0.418 e. The molecule has 0 unspecified atom stereocenters. The van der Waals surface area contributed by atoms with Gasteiger partial charge in [0, 0.05) is 24.0 Å². The largest absolute Gasteiger partial charge is 0.418 e. The number of alkyl halides is 3. The first-order chi connectivity index (χ1) is 12.1. The van der Waals surface area contributed by atoms with Gasteiger partial charge < -0.3 is 16.0 Å².